The van der Waals surface area contributed by atoms with Gasteiger partial charge in [-0.25, -0.2) is 0 Å². The lowest BCUT2D eigenvalue weighted by molar-refractivity contribution is 0.220. The summed E-state index contributed by atoms with van der Waals surface area (Å²) in [6, 6.07) is 0.479. The standard InChI is InChI=1S/C24H41N/c1-9-13-16-21(23-17-14-15-20(6)25(23)8)22(12-4)24(7,18-10-2)19(5)11-3/h9,12-13,15-16,19,23H,10-11,14,17-18H2,1-8H3/b13-9-,21-16+,22-12+. The summed E-state index contributed by atoms with van der Waals surface area (Å²) in [5.41, 5.74) is 4.72. The molecule has 3 atom stereocenters. The lowest BCUT2D eigenvalue weighted by atomic mass is 9.64. The van der Waals surface area contributed by atoms with Gasteiger partial charge in [-0.15, -0.1) is 0 Å². The first kappa shape index (κ1) is 21.8. The molecule has 0 aromatic rings. The Labute approximate surface area is 157 Å². The summed E-state index contributed by atoms with van der Waals surface area (Å²) in [6.07, 6.45) is 17.6. The van der Waals surface area contributed by atoms with Crippen LogP contribution in [-0.4, -0.2) is 18.0 Å². The molecule has 0 fully saturated rings. The second kappa shape index (κ2) is 10.0. The van der Waals surface area contributed by atoms with E-state index in [0.29, 0.717) is 12.0 Å². The third-order valence-electron chi connectivity index (χ3n) is 6.42. The van der Waals surface area contributed by atoms with E-state index in [1.54, 1.807) is 5.57 Å². The highest BCUT2D eigenvalue weighted by Gasteiger charge is 2.37. The van der Waals surface area contributed by atoms with E-state index >= 15 is 0 Å². The van der Waals surface area contributed by atoms with Gasteiger partial charge in [0, 0.05) is 12.7 Å². The smallest absolute Gasteiger partial charge is 0.0541 e. The molecule has 0 N–H and O–H groups in total. The monoisotopic (exact) mass is 343 g/mol. The molecule has 25 heavy (non-hydrogen) atoms. The van der Waals surface area contributed by atoms with Crippen molar-refractivity contribution in [1.29, 1.82) is 0 Å². The van der Waals surface area contributed by atoms with Gasteiger partial charge in [0.15, 0.2) is 0 Å². The van der Waals surface area contributed by atoms with E-state index < -0.39 is 0 Å². The van der Waals surface area contributed by atoms with Gasteiger partial charge in [0.1, 0.15) is 0 Å². The molecular formula is C24H41N. The Hall–Kier alpha value is -1.24. The fraction of sp³-hybridized carbons (Fsp3) is 0.667. The Balaban J connectivity index is 3.43. The second-order valence-corrected chi connectivity index (χ2v) is 7.88. The highest BCUT2D eigenvalue weighted by Crippen LogP contribution is 2.46. The van der Waals surface area contributed by atoms with Crippen LogP contribution < -0.4 is 0 Å². The minimum atomic E-state index is 0.238. The van der Waals surface area contributed by atoms with Crippen LogP contribution in [0.4, 0.5) is 0 Å². The minimum absolute atomic E-state index is 0.238. The van der Waals surface area contributed by atoms with Crippen molar-refractivity contribution < 1.29 is 0 Å². The molecule has 0 saturated carbocycles. The molecule has 1 aliphatic heterocycles. The molecule has 1 heterocycles. The van der Waals surface area contributed by atoms with Gasteiger partial charge in [0.2, 0.25) is 0 Å². The van der Waals surface area contributed by atoms with Gasteiger partial charge in [-0.3, -0.25) is 0 Å². The van der Waals surface area contributed by atoms with Gasteiger partial charge in [-0.05, 0) is 62.5 Å². The Morgan fingerprint density at radius 2 is 2.04 bits per heavy atom. The van der Waals surface area contributed by atoms with Crippen LogP contribution >= 0.6 is 0 Å². The third kappa shape index (κ3) is 4.90. The zero-order chi connectivity index (χ0) is 19.0. The minimum Gasteiger partial charge on any atom is -0.371 e. The molecule has 0 aromatic carbocycles. The Kier molecular flexibility index (Phi) is 8.76. The summed E-state index contributed by atoms with van der Waals surface area (Å²) in [7, 11) is 2.26. The summed E-state index contributed by atoms with van der Waals surface area (Å²) in [4.78, 5) is 2.48. The van der Waals surface area contributed by atoms with E-state index in [9.17, 15) is 0 Å². The highest BCUT2D eigenvalue weighted by molar-refractivity contribution is 5.43. The highest BCUT2D eigenvalue weighted by atomic mass is 15.1. The Morgan fingerprint density at radius 1 is 1.36 bits per heavy atom. The first-order chi connectivity index (χ1) is 11.9. The van der Waals surface area contributed by atoms with E-state index in [-0.39, 0.29) is 5.41 Å². The average Bonchev–Trinajstić information content (AvgIpc) is 2.60. The molecular weight excluding hydrogens is 302 g/mol. The largest absolute Gasteiger partial charge is 0.371 e. The third-order valence-corrected chi connectivity index (χ3v) is 6.42. The molecule has 3 unspecified atom stereocenters. The molecule has 1 heteroatoms. The van der Waals surface area contributed by atoms with Crippen molar-refractivity contribution >= 4 is 0 Å². The lowest BCUT2D eigenvalue weighted by Crippen LogP contribution is -2.38. The summed E-state index contributed by atoms with van der Waals surface area (Å²) in [5, 5.41) is 0. The van der Waals surface area contributed by atoms with Crippen LogP contribution in [0.1, 0.15) is 80.6 Å². The van der Waals surface area contributed by atoms with E-state index in [0.717, 1.165) is 0 Å². The second-order valence-electron chi connectivity index (χ2n) is 7.88. The van der Waals surface area contributed by atoms with Crippen LogP contribution in [-0.2, 0) is 0 Å². The summed E-state index contributed by atoms with van der Waals surface area (Å²) in [6.45, 7) is 16.2. The van der Waals surface area contributed by atoms with Crippen LogP contribution in [0.2, 0.25) is 0 Å². The number of rotatable bonds is 8. The van der Waals surface area contributed by atoms with Crippen LogP contribution in [0, 0.1) is 11.3 Å². The van der Waals surface area contributed by atoms with E-state index in [1.807, 2.05) is 0 Å². The first-order valence-corrected chi connectivity index (χ1v) is 10.3. The Morgan fingerprint density at radius 3 is 2.56 bits per heavy atom. The van der Waals surface area contributed by atoms with Gasteiger partial charge < -0.3 is 4.90 Å². The fourth-order valence-corrected chi connectivity index (χ4v) is 4.42. The van der Waals surface area contributed by atoms with Crippen LogP contribution in [0.5, 0.6) is 0 Å². The maximum Gasteiger partial charge on any atom is 0.0541 e. The van der Waals surface area contributed by atoms with E-state index in [4.69, 9.17) is 0 Å². The Bertz CT molecular complexity index is 534. The zero-order valence-corrected chi connectivity index (χ0v) is 18.0. The topological polar surface area (TPSA) is 3.24 Å². The van der Waals surface area contributed by atoms with Crippen molar-refractivity contribution in [1.82, 2.24) is 4.90 Å². The molecule has 1 nitrogen and oxygen atoms in total. The maximum atomic E-state index is 2.50. The van der Waals surface area contributed by atoms with Crippen molar-refractivity contribution in [3.8, 4) is 0 Å². The quantitative estimate of drug-likeness (QED) is 0.418. The van der Waals surface area contributed by atoms with Gasteiger partial charge in [-0.1, -0.05) is 70.9 Å². The van der Waals surface area contributed by atoms with Crippen molar-refractivity contribution in [3.05, 3.63) is 47.2 Å². The number of likely N-dealkylation sites (N-methyl/N-ethyl adjacent to an activating group) is 1. The molecule has 0 saturated heterocycles. The first-order valence-electron chi connectivity index (χ1n) is 10.3. The summed E-state index contributed by atoms with van der Waals surface area (Å²) >= 11 is 0. The number of hydrogen-bond donors (Lipinski definition) is 0. The molecule has 0 amide bonds. The number of hydrogen-bond acceptors (Lipinski definition) is 1. The maximum absolute atomic E-state index is 2.50. The summed E-state index contributed by atoms with van der Waals surface area (Å²) in [5.74, 6) is 0.679. The summed E-state index contributed by atoms with van der Waals surface area (Å²) < 4.78 is 0. The van der Waals surface area contributed by atoms with Gasteiger partial charge >= 0.3 is 0 Å². The van der Waals surface area contributed by atoms with E-state index in [2.05, 4.69) is 90.8 Å². The molecule has 0 bridgehead atoms. The predicted octanol–water partition coefficient (Wildman–Crippen LogP) is 7.29. The number of allylic oxidation sites excluding steroid dienone is 6. The molecule has 0 aromatic heterocycles. The van der Waals surface area contributed by atoms with E-state index in [1.165, 1.54) is 43.4 Å². The normalized spacial score (nSPS) is 23.6. The molecule has 0 radical (unpaired) electrons. The predicted molar refractivity (Wildman–Crippen MR) is 114 cm³/mol. The van der Waals surface area contributed by atoms with Crippen molar-refractivity contribution in [3.63, 3.8) is 0 Å². The fourth-order valence-electron chi connectivity index (χ4n) is 4.42. The molecule has 0 spiro atoms. The van der Waals surface area contributed by atoms with Crippen LogP contribution in [0.3, 0.4) is 0 Å². The number of nitrogens with zero attached hydrogens (tertiary/aromatic N) is 1. The molecule has 1 rings (SSSR count). The molecule has 142 valence electrons. The van der Waals surface area contributed by atoms with Crippen LogP contribution in [0.25, 0.3) is 0 Å². The van der Waals surface area contributed by atoms with Gasteiger partial charge in [0.05, 0.1) is 6.04 Å². The van der Waals surface area contributed by atoms with Gasteiger partial charge in [-0.2, -0.15) is 0 Å². The molecule has 0 aliphatic carbocycles. The van der Waals surface area contributed by atoms with Gasteiger partial charge in [0.25, 0.3) is 0 Å². The van der Waals surface area contributed by atoms with Crippen molar-refractivity contribution in [2.45, 2.75) is 86.6 Å². The molecule has 1 aliphatic rings. The SMILES string of the molecule is C\C=C/C=C(\C(=C/C)C(C)(CCC)C(C)CC)C1CCC=C(C)N1C. The zero-order valence-electron chi connectivity index (χ0n) is 18.0. The average molecular weight is 344 g/mol. The van der Waals surface area contributed by atoms with Crippen molar-refractivity contribution in [2.24, 2.45) is 11.3 Å². The lowest BCUT2D eigenvalue weighted by Gasteiger charge is -2.44. The van der Waals surface area contributed by atoms with Crippen molar-refractivity contribution in [2.75, 3.05) is 7.05 Å². The van der Waals surface area contributed by atoms with Crippen LogP contribution in [0.15, 0.2) is 47.2 Å².